The van der Waals surface area contributed by atoms with Crippen molar-refractivity contribution in [1.82, 2.24) is 5.32 Å². The van der Waals surface area contributed by atoms with Gasteiger partial charge in [-0.3, -0.25) is 9.59 Å². The largest absolute Gasteiger partial charge is 0.454 e. The van der Waals surface area contributed by atoms with Gasteiger partial charge >= 0.3 is 0 Å². The predicted molar refractivity (Wildman–Crippen MR) is 120 cm³/mol. The number of hydrogen-bond acceptors (Lipinski definition) is 4. The fourth-order valence-electron chi connectivity index (χ4n) is 2.89. The summed E-state index contributed by atoms with van der Waals surface area (Å²) in [7, 11) is 0. The minimum atomic E-state index is -0.514. The molecule has 2 amide bonds. The summed E-state index contributed by atoms with van der Waals surface area (Å²) in [6.45, 7) is 0.135. The Kier molecular flexibility index (Phi) is 6.11. The third kappa shape index (κ3) is 4.99. The number of carbonyl (C=O) groups is 2. The Morgan fingerprint density at radius 1 is 0.903 bits per heavy atom. The quantitative estimate of drug-likeness (QED) is 0.523. The standard InChI is InChI=1S/C23H16Cl2N2O4/c24-15-6-8-16(9-7-15)26-23(29)19(27-22(28)17-3-1-2-4-18(17)25)11-14-5-10-20-21(12-14)31-13-30-20/h1-12H,13H2,(H,26,29)(H,27,28)/b19-11+. The fourth-order valence-corrected chi connectivity index (χ4v) is 3.24. The van der Waals surface area contributed by atoms with Gasteiger partial charge in [0.2, 0.25) is 6.79 Å². The summed E-state index contributed by atoms with van der Waals surface area (Å²) in [6.07, 6.45) is 1.54. The van der Waals surface area contributed by atoms with Crippen LogP contribution in [0.2, 0.25) is 10.0 Å². The maximum absolute atomic E-state index is 13.0. The third-order valence-electron chi connectivity index (χ3n) is 4.42. The Morgan fingerprint density at radius 2 is 1.65 bits per heavy atom. The minimum Gasteiger partial charge on any atom is -0.454 e. The minimum absolute atomic E-state index is 0.0266. The first-order valence-corrected chi connectivity index (χ1v) is 9.99. The van der Waals surface area contributed by atoms with Crippen molar-refractivity contribution in [3.8, 4) is 11.5 Å². The van der Waals surface area contributed by atoms with Crippen LogP contribution in [0.4, 0.5) is 5.69 Å². The van der Waals surface area contributed by atoms with Crippen LogP contribution in [-0.2, 0) is 4.79 Å². The van der Waals surface area contributed by atoms with E-state index in [1.807, 2.05) is 0 Å². The highest BCUT2D eigenvalue weighted by Crippen LogP contribution is 2.33. The molecule has 0 aromatic heterocycles. The molecule has 8 heteroatoms. The van der Waals surface area contributed by atoms with Gasteiger partial charge in [-0.25, -0.2) is 0 Å². The van der Waals surface area contributed by atoms with Crippen LogP contribution in [0.3, 0.4) is 0 Å². The van der Waals surface area contributed by atoms with Crippen LogP contribution in [0.15, 0.2) is 72.4 Å². The van der Waals surface area contributed by atoms with Crippen molar-refractivity contribution in [1.29, 1.82) is 0 Å². The molecule has 3 aromatic carbocycles. The molecular formula is C23H16Cl2N2O4. The van der Waals surface area contributed by atoms with E-state index < -0.39 is 11.8 Å². The van der Waals surface area contributed by atoms with Crippen molar-refractivity contribution in [2.24, 2.45) is 0 Å². The van der Waals surface area contributed by atoms with Crippen LogP contribution in [-0.4, -0.2) is 18.6 Å². The zero-order chi connectivity index (χ0) is 21.8. The zero-order valence-corrected chi connectivity index (χ0v) is 17.5. The summed E-state index contributed by atoms with van der Waals surface area (Å²) >= 11 is 12.0. The van der Waals surface area contributed by atoms with E-state index in [1.165, 1.54) is 0 Å². The molecule has 0 fully saturated rings. The Hall–Kier alpha value is -3.48. The molecule has 0 atom stereocenters. The Labute approximate surface area is 188 Å². The summed E-state index contributed by atoms with van der Waals surface area (Å²) in [6, 6.07) is 18.4. The fraction of sp³-hybridized carbons (Fsp3) is 0.0435. The highest BCUT2D eigenvalue weighted by Gasteiger charge is 2.18. The summed E-state index contributed by atoms with van der Waals surface area (Å²) < 4.78 is 10.7. The number of hydrogen-bond donors (Lipinski definition) is 2. The van der Waals surface area contributed by atoms with Crippen molar-refractivity contribution >= 4 is 46.8 Å². The number of nitrogens with one attached hydrogen (secondary N) is 2. The second-order valence-electron chi connectivity index (χ2n) is 6.57. The van der Waals surface area contributed by atoms with Crippen LogP contribution in [0.5, 0.6) is 11.5 Å². The van der Waals surface area contributed by atoms with Crippen LogP contribution < -0.4 is 20.1 Å². The van der Waals surface area contributed by atoms with Crippen LogP contribution in [0, 0.1) is 0 Å². The van der Waals surface area contributed by atoms with Crippen molar-refractivity contribution in [2.45, 2.75) is 0 Å². The SMILES string of the molecule is O=C(Nc1ccc(Cl)cc1)/C(=C\c1ccc2c(c1)OCO2)NC(=O)c1ccccc1Cl. The van der Waals surface area contributed by atoms with Gasteiger partial charge in [0.15, 0.2) is 11.5 Å². The summed E-state index contributed by atoms with van der Waals surface area (Å²) in [5.74, 6) is 0.150. The Bertz CT molecular complexity index is 1180. The van der Waals surface area contributed by atoms with Crippen molar-refractivity contribution in [3.05, 3.63) is 93.6 Å². The van der Waals surface area contributed by atoms with Crippen molar-refractivity contribution < 1.29 is 19.1 Å². The van der Waals surface area contributed by atoms with E-state index in [0.717, 1.165) is 0 Å². The number of benzene rings is 3. The van der Waals surface area contributed by atoms with Crippen LogP contribution in [0.1, 0.15) is 15.9 Å². The lowest BCUT2D eigenvalue weighted by Crippen LogP contribution is -2.30. The van der Waals surface area contributed by atoms with Gasteiger partial charge in [-0.1, -0.05) is 41.4 Å². The van der Waals surface area contributed by atoms with E-state index >= 15 is 0 Å². The molecule has 4 rings (SSSR count). The van der Waals surface area contributed by atoms with Crippen LogP contribution >= 0.6 is 23.2 Å². The van der Waals surface area contributed by atoms with E-state index in [4.69, 9.17) is 32.7 Å². The van der Waals surface area contributed by atoms with Gasteiger partial charge in [0.25, 0.3) is 11.8 Å². The summed E-state index contributed by atoms with van der Waals surface area (Å²) in [5, 5.41) is 6.21. The molecule has 0 bridgehead atoms. The average molecular weight is 455 g/mol. The molecule has 1 aliphatic rings. The maximum atomic E-state index is 13.0. The third-order valence-corrected chi connectivity index (χ3v) is 5.00. The molecule has 0 spiro atoms. The maximum Gasteiger partial charge on any atom is 0.272 e. The van der Waals surface area contributed by atoms with Crippen molar-refractivity contribution in [3.63, 3.8) is 0 Å². The number of fused-ring (bicyclic) bond motifs is 1. The molecule has 0 radical (unpaired) electrons. The lowest BCUT2D eigenvalue weighted by Gasteiger charge is -2.12. The highest BCUT2D eigenvalue weighted by molar-refractivity contribution is 6.34. The number of anilines is 1. The second-order valence-corrected chi connectivity index (χ2v) is 7.41. The van der Waals surface area contributed by atoms with Gasteiger partial charge in [-0.15, -0.1) is 0 Å². The molecule has 1 aliphatic heterocycles. The lowest BCUT2D eigenvalue weighted by atomic mass is 10.1. The first-order chi connectivity index (χ1) is 15.0. The van der Waals surface area contributed by atoms with Gasteiger partial charge in [-0.2, -0.15) is 0 Å². The van der Waals surface area contributed by atoms with Gasteiger partial charge in [-0.05, 0) is 60.2 Å². The van der Waals surface area contributed by atoms with Gasteiger partial charge in [0, 0.05) is 10.7 Å². The first-order valence-electron chi connectivity index (χ1n) is 9.24. The van der Waals surface area contributed by atoms with E-state index in [2.05, 4.69) is 10.6 Å². The molecular weight excluding hydrogens is 439 g/mol. The molecule has 0 saturated carbocycles. The second kappa shape index (κ2) is 9.12. The Morgan fingerprint density at radius 3 is 2.42 bits per heavy atom. The predicted octanol–water partition coefficient (Wildman–Crippen LogP) is 5.13. The molecule has 0 aliphatic carbocycles. The summed E-state index contributed by atoms with van der Waals surface area (Å²) in [5.41, 5.74) is 1.45. The zero-order valence-electron chi connectivity index (χ0n) is 16.0. The summed E-state index contributed by atoms with van der Waals surface area (Å²) in [4.78, 5) is 25.7. The molecule has 156 valence electrons. The monoisotopic (exact) mass is 454 g/mol. The highest BCUT2D eigenvalue weighted by atomic mass is 35.5. The number of halogens is 2. The topological polar surface area (TPSA) is 76.7 Å². The normalized spacial score (nSPS) is 12.4. The number of rotatable bonds is 5. The number of carbonyl (C=O) groups excluding carboxylic acids is 2. The number of ether oxygens (including phenoxy) is 2. The first kappa shape index (κ1) is 20.8. The molecule has 0 unspecified atom stereocenters. The van der Waals surface area contributed by atoms with Gasteiger partial charge in [0.1, 0.15) is 5.70 Å². The molecule has 3 aromatic rings. The lowest BCUT2D eigenvalue weighted by molar-refractivity contribution is -0.113. The molecule has 2 N–H and O–H groups in total. The number of amides is 2. The molecule has 31 heavy (non-hydrogen) atoms. The molecule has 1 heterocycles. The van der Waals surface area contributed by atoms with E-state index in [1.54, 1.807) is 72.8 Å². The molecule has 6 nitrogen and oxygen atoms in total. The van der Waals surface area contributed by atoms with Crippen LogP contribution in [0.25, 0.3) is 6.08 Å². The van der Waals surface area contributed by atoms with E-state index in [9.17, 15) is 9.59 Å². The Balaban J connectivity index is 1.64. The van der Waals surface area contributed by atoms with E-state index in [0.29, 0.717) is 27.8 Å². The average Bonchev–Trinajstić information content (AvgIpc) is 3.23. The van der Waals surface area contributed by atoms with Crippen molar-refractivity contribution in [2.75, 3.05) is 12.1 Å². The van der Waals surface area contributed by atoms with E-state index in [-0.39, 0.29) is 23.1 Å². The van der Waals surface area contributed by atoms with Gasteiger partial charge < -0.3 is 20.1 Å². The van der Waals surface area contributed by atoms with Gasteiger partial charge in [0.05, 0.1) is 10.6 Å². The smallest absolute Gasteiger partial charge is 0.272 e. The molecule has 0 saturated heterocycles.